The Morgan fingerprint density at radius 2 is 1.49 bits per heavy atom. The van der Waals surface area contributed by atoms with Crippen LogP contribution in [0.15, 0.2) is 91.1 Å². The summed E-state index contributed by atoms with van der Waals surface area (Å²) in [6, 6.07) is 31.8. The molecule has 0 N–H and O–H groups in total. The Hall–Kier alpha value is -4.43. The molecule has 0 atom stereocenters. The van der Waals surface area contributed by atoms with Gasteiger partial charge in [0, 0.05) is 16.8 Å². The highest BCUT2D eigenvalue weighted by atomic mass is 15.0. The average molecular weight is 532 g/mol. The molecule has 5 aromatic carbocycles. The van der Waals surface area contributed by atoms with E-state index in [0.29, 0.717) is 0 Å². The van der Waals surface area contributed by atoms with E-state index in [9.17, 15) is 0 Å². The van der Waals surface area contributed by atoms with Crippen LogP contribution in [-0.2, 0) is 13.5 Å². The van der Waals surface area contributed by atoms with Crippen LogP contribution in [-0.4, -0.2) is 4.40 Å². The highest BCUT2D eigenvalue weighted by Crippen LogP contribution is 2.46. The third-order valence-electron chi connectivity index (χ3n) is 9.11. The van der Waals surface area contributed by atoms with Crippen molar-refractivity contribution in [2.75, 3.05) is 0 Å². The van der Waals surface area contributed by atoms with Crippen LogP contribution in [0.4, 0.5) is 0 Å². The molecule has 8 rings (SSSR count). The van der Waals surface area contributed by atoms with Gasteiger partial charge in [0.15, 0.2) is 6.20 Å². The molecule has 0 saturated carbocycles. The molecule has 0 aliphatic carbocycles. The molecule has 0 saturated heterocycles. The number of rotatable bonds is 2. The lowest BCUT2D eigenvalue weighted by molar-refractivity contribution is -0.643. The second kappa shape index (κ2) is 8.30. The van der Waals surface area contributed by atoms with E-state index >= 15 is 0 Å². The van der Waals surface area contributed by atoms with Crippen molar-refractivity contribution in [1.29, 1.82) is 0 Å². The van der Waals surface area contributed by atoms with Gasteiger partial charge in [-0.15, -0.1) is 0 Å². The number of hydrogen-bond donors (Lipinski definition) is 0. The maximum Gasteiger partial charge on any atom is 0.224 e. The van der Waals surface area contributed by atoms with Gasteiger partial charge in [0.1, 0.15) is 7.05 Å². The first kappa shape index (κ1) is 24.4. The quantitative estimate of drug-likeness (QED) is 0.119. The van der Waals surface area contributed by atoms with Crippen LogP contribution in [0.25, 0.3) is 70.9 Å². The molecule has 0 bridgehead atoms. The molecule has 0 unspecified atom stereocenters. The van der Waals surface area contributed by atoms with E-state index in [4.69, 9.17) is 0 Å². The zero-order chi connectivity index (χ0) is 28.2. The van der Waals surface area contributed by atoms with E-state index in [1.165, 1.54) is 87.6 Å². The third-order valence-corrected chi connectivity index (χ3v) is 9.11. The van der Waals surface area contributed by atoms with Crippen LogP contribution in [0.3, 0.4) is 0 Å². The summed E-state index contributed by atoms with van der Waals surface area (Å²) in [5, 5.41) is 9.44. The summed E-state index contributed by atoms with van der Waals surface area (Å²) in [4.78, 5) is 0. The van der Waals surface area contributed by atoms with Crippen molar-refractivity contribution in [3.63, 3.8) is 0 Å². The Bertz CT molecular complexity index is 2330. The summed E-state index contributed by atoms with van der Waals surface area (Å²) >= 11 is 0. The van der Waals surface area contributed by atoms with Crippen molar-refractivity contribution in [3.05, 3.63) is 108 Å². The van der Waals surface area contributed by atoms with Gasteiger partial charge in [-0.3, -0.25) is 0 Å². The zero-order valence-corrected chi connectivity index (χ0v) is 24.8. The van der Waals surface area contributed by atoms with Crippen molar-refractivity contribution >= 4 is 59.8 Å². The molecular weight excluding hydrogens is 496 g/mol. The van der Waals surface area contributed by atoms with Crippen molar-refractivity contribution in [3.8, 4) is 11.1 Å². The Kier molecular flexibility index (Phi) is 4.93. The second-order valence-electron chi connectivity index (χ2n) is 13.2. The Labute approximate surface area is 240 Å². The third kappa shape index (κ3) is 3.34. The molecule has 0 spiro atoms. The highest BCUT2D eigenvalue weighted by molar-refractivity contribution is 6.30. The Morgan fingerprint density at radius 3 is 2.27 bits per heavy atom. The minimum absolute atomic E-state index is 0.128. The molecule has 41 heavy (non-hydrogen) atoms. The van der Waals surface area contributed by atoms with E-state index in [1.54, 1.807) is 0 Å². The average Bonchev–Trinajstić information content (AvgIpc) is 3.30. The van der Waals surface area contributed by atoms with E-state index in [1.807, 2.05) is 0 Å². The first-order valence-electron chi connectivity index (χ1n) is 14.7. The standard InChI is InChI=1S/C39H35N2/c1-23-15-17-28-30(21-23)24(2)33-37(31(28)22-39(3,4)5)41-32-14-10-13-27(25-11-8-7-9-12-25)35(32)29-18-16-26-19-20-40(6)38(33)34(26)36(29)41/h7-21H,22H2,1-6H3/q+1. The van der Waals surface area contributed by atoms with Crippen LogP contribution >= 0.6 is 0 Å². The monoisotopic (exact) mass is 531 g/mol. The minimum atomic E-state index is 0.128. The summed E-state index contributed by atoms with van der Waals surface area (Å²) in [5.74, 6) is 0. The molecule has 3 aromatic heterocycles. The first-order valence-corrected chi connectivity index (χ1v) is 14.7. The van der Waals surface area contributed by atoms with Crippen molar-refractivity contribution in [2.24, 2.45) is 12.5 Å². The Morgan fingerprint density at radius 1 is 0.707 bits per heavy atom. The number of hydrogen-bond acceptors (Lipinski definition) is 0. The van der Waals surface area contributed by atoms with Gasteiger partial charge >= 0.3 is 0 Å². The number of pyridine rings is 2. The fourth-order valence-corrected chi connectivity index (χ4v) is 7.46. The molecule has 0 radical (unpaired) electrons. The summed E-state index contributed by atoms with van der Waals surface area (Å²) in [6.07, 6.45) is 3.24. The van der Waals surface area contributed by atoms with Crippen molar-refractivity contribution in [1.82, 2.24) is 4.40 Å². The lowest BCUT2D eigenvalue weighted by Crippen LogP contribution is -2.29. The fourth-order valence-electron chi connectivity index (χ4n) is 7.46. The van der Waals surface area contributed by atoms with Gasteiger partial charge in [0.25, 0.3) is 0 Å². The van der Waals surface area contributed by atoms with Gasteiger partial charge in [-0.05, 0) is 70.2 Å². The van der Waals surface area contributed by atoms with Gasteiger partial charge < -0.3 is 4.40 Å². The number of aromatic nitrogens is 2. The molecule has 8 aromatic rings. The molecule has 3 heterocycles. The van der Waals surface area contributed by atoms with E-state index in [0.717, 1.165) is 6.42 Å². The molecular formula is C39H35N2+. The number of benzene rings is 5. The summed E-state index contributed by atoms with van der Waals surface area (Å²) in [7, 11) is 2.22. The van der Waals surface area contributed by atoms with Gasteiger partial charge in [0.2, 0.25) is 5.52 Å². The van der Waals surface area contributed by atoms with Crippen molar-refractivity contribution in [2.45, 2.75) is 41.0 Å². The lowest BCUT2D eigenvalue weighted by atomic mass is 9.83. The summed E-state index contributed by atoms with van der Waals surface area (Å²) in [6.45, 7) is 11.7. The minimum Gasteiger partial charge on any atom is -0.307 e. The van der Waals surface area contributed by atoms with Gasteiger partial charge in [-0.25, -0.2) is 4.57 Å². The second-order valence-corrected chi connectivity index (χ2v) is 13.2. The largest absolute Gasteiger partial charge is 0.307 e. The molecule has 0 aliphatic rings. The topological polar surface area (TPSA) is 8.29 Å². The van der Waals surface area contributed by atoms with Crippen LogP contribution in [0.5, 0.6) is 0 Å². The van der Waals surface area contributed by atoms with E-state index in [2.05, 4.69) is 142 Å². The fraction of sp³-hybridized carbons (Fsp3) is 0.205. The summed E-state index contributed by atoms with van der Waals surface area (Å²) < 4.78 is 4.99. The SMILES string of the molecule is Cc1ccc2c(CC(C)(C)C)c3c(c(C)c2c1)c1c2c(ccc4c5c(-c6ccccc6)cccc5n3c42)cc[n+]1C. The van der Waals surface area contributed by atoms with E-state index < -0.39 is 0 Å². The molecule has 2 nitrogen and oxygen atoms in total. The summed E-state index contributed by atoms with van der Waals surface area (Å²) in [5.41, 5.74) is 12.1. The molecule has 200 valence electrons. The van der Waals surface area contributed by atoms with Crippen LogP contribution in [0.2, 0.25) is 0 Å². The predicted octanol–water partition coefficient (Wildman–Crippen LogP) is 9.84. The normalized spacial score (nSPS) is 12.7. The lowest BCUT2D eigenvalue weighted by Gasteiger charge is -2.24. The number of aryl methyl sites for hydroxylation is 3. The zero-order valence-electron chi connectivity index (χ0n) is 24.8. The maximum atomic E-state index is 2.63. The van der Waals surface area contributed by atoms with Gasteiger partial charge in [-0.1, -0.05) is 99.1 Å². The van der Waals surface area contributed by atoms with Crippen LogP contribution in [0.1, 0.15) is 37.5 Å². The van der Waals surface area contributed by atoms with Crippen LogP contribution in [0, 0.1) is 19.3 Å². The van der Waals surface area contributed by atoms with E-state index in [-0.39, 0.29) is 5.41 Å². The Balaban J connectivity index is 1.76. The number of nitrogens with zero attached hydrogens (tertiary/aromatic N) is 2. The van der Waals surface area contributed by atoms with Gasteiger partial charge in [-0.2, -0.15) is 0 Å². The maximum absolute atomic E-state index is 2.63. The molecule has 0 aliphatic heterocycles. The molecule has 0 fully saturated rings. The highest BCUT2D eigenvalue weighted by Gasteiger charge is 2.29. The number of fused-ring (bicyclic) bond motifs is 7. The molecule has 0 amide bonds. The van der Waals surface area contributed by atoms with Gasteiger partial charge in [0.05, 0.1) is 27.3 Å². The first-order chi connectivity index (χ1) is 19.7. The van der Waals surface area contributed by atoms with Crippen LogP contribution < -0.4 is 4.57 Å². The predicted molar refractivity (Wildman–Crippen MR) is 175 cm³/mol. The van der Waals surface area contributed by atoms with Crippen molar-refractivity contribution < 1.29 is 4.57 Å². The smallest absolute Gasteiger partial charge is 0.224 e. The molecule has 2 heteroatoms.